The fraction of sp³-hybridized carbons (Fsp3) is 0.615. The predicted molar refractivity (Wildman–Crippen MR) is 69.6 cm³/mol. The van der Waals surface area contributed by atoms with Gasteiger partial charge in [0.1, 0.15) is 0 Å². The van der Waals surface area contributed by atoms with Crippen LogP contribution in [0, 0.1) is 0 Å². The van der Waals surface area contributed by atoms with Gasteiger partial charge in [0.25, 0.3) is 0 Å². The minimum Gasteiger partial charge on any atom is -0.478 e. The van der Waals surface area contributed by atoms with Crippen molar-refractivity contribution in [1.29, 1.82) is 0 Å². The SMILES string of the molecule is OCc1ccc(OCCCN2CCNCC2)nc1. The van der Waals surface area contributed by atoms with E-state index in [-0.39, 0.29) is 6.61 Å². The Bertz CT molecular complexity index is 337. The molecule has 2 N–H and O–H groups in total. The van der Waals surface area contributed by atoms with Crippen molar-refractivity contribution in [3.05, 3.63) is 23.9 Å². The molecule has 100 valence electrons. The van der Waals surface area contributed by atoms with Crippen LogP contribution in [0.2, 0.25) is 0 Å². The number of hydrogen-bond donors (Lipinski definition) is 2. The molecule has 0 atom stereocenters. The first-order valence-electron chi connectivity index (χ1n) is 6.50. The Kier molecular flexibility index (Phi) is 5.38. The molecule has 1 aliphatic heterocycles. The van der Waals surface area contributed by atoms with E-state index >= 15 is 0 Å². The monoisotopic (exact) mass is 251 g/mol. The van der Waals surface area contributed by atoms with Gasteiger partial charge in [-0.3, -0.25) is 0 Å². The fourth-order valence-electron chi connectivity index (χ4n) is 1.99. The number of aliphatic hydroxyl groups excluding tert-OH is 1. The van der Waals surface area contributed by atoms with Gasteiger partial charge in [0.15, 0.2) is 0 Å². The number of nitrogens with one attached hydrogen (secondary N) is 1. The number of aromatic nitrogens is 1. The molecule has 0 radical (unpaired) electrons. The van der Waals surface area contributed by atoms with Gasteiger partial charge < -0.3 is 20.1 Å². The summed E-state index contributed by atoms with van der Waals surface area (Å²) in [5.41, 5.74) is 0.808. The van der Waals surface area contributed by atoms with Crippen molar-refractivity contribution in [2.75, 3.05) is 39.3 Å². The van der Waals surface area contributed by atoms with Crippen LogP contribution in [-0.4, -0.2) is 54.3 Å². The van der Waals surface area contributed by atoms with Crippen molar-refractivity contribution in [3.63, 3.8) is 0 Å². The lowest BCUT2D eigenvalue weighted by atomic mass is 10.3. The Morgan fingerprint density at radius 3 is 2.83 bits per heavy atom. The predicted octanol–water partition coefficient (Wildman–Crippen LogP) is 0.248. The zero-order valence-electron chi connectivity index (χ0n) is 10.6. The molecule has 0 saturated carbocycles. The van der Waals surface area contributed by atoms with Crippen molar-refractivity contribution in [3.8, 4) is 5.88 Å². The van der Waals surface area contributed by atoms with Gasteiger partial charge in [-0.2, -0.15) is 0 Å². The normalized spacial score (nSPS) is 16.7. The zero-order chi connectivity index (χ0) is 12.6. The van der Waals surface area contributed by atoms with Crippen LogP contribution in [0.5, 0.6) is 5.88 Å². The number of nitrogens with zero attached hydrogens (tertiary/aromatic N) is 2. The van der Waals surface area contributed by atoms with Crippen LogP contribution in [-0.2, 0) is 6.61 Å². The summed E-state index contributed by atoms with van der Waals surface area (Å²) in [5, 5.41) is 12.2. The summed E-state index contributed by atoms with van der Waals surface area (Å²) in [6.07, 6.45) is 2.66. The van der Waals surface area contributed by atoms with E-state index in [0.29, 0.717) is 12.5 Å². The number of aliphatic hydroxyl groups is 1. The highest BCUT2D eigenvalue weighted by Crippen LogP contribution is 2.07. The van der Waals surface area contributed by atoms with Crippen molar-refractivity contribution < 1.29 is 9.84 Å². The molecule has 1 saturated heterocycles. The smallest absolute Gasteiger partial charge is 0.213 e. The molecule has 0 aromatic carbocycles. The van der Waals surface area contributed by atoms with Gasteiger partial charge in [0, 0.05) is 45.0 Å². The first-order valence-corrected chi connectivity index (χ1v) is 6.50. The lowest BCUT2D eigenvalue weighted by molar-refractivity contribution is 0.211. The Labute approximate surface area is 108 Å². The van der Waals surface area contributed by atoms with Crippen LogP contribution in [0.3, 0.4) is 0 Å². The van der Waals surface area contributed by atoms with E-state index in [4.69, 9.17) is 9.84 Å². The molecule has 1 aliphatic rings. The lowest BCUT2D eigenvalue weighted by Crippen LogP contribution is -2.43. The quantitative estimate of drug-likeness (QED) is 0.710. The minimum absolute atomic E-state index is 0.0241. The van der Waals surface area contributed by atoms with Gasteiger partial charge in [0.2, 0.25) is 5.88 Å². The van der Waals surface area contributed by atoms with Gasteiger partial charge in [-0.1, -0.05) is 0 Å². The van der Waals surface area contributed by atoms with Crippen molar-refractivity contribution in [2.45, 2.75) is 13.0 Å². The molecule has 1 aromatic heterocycles. The van der Waals surface area contributed by atoms with Gasteiger partial charge in [-0.05, 0) is 18.1 Å². The molecule has 18 heavy (non-hydrogen) atoms. The summed E-state index contributed by atoms with van der Waals surface area (Å²) in [4.78, 5) is 6.57. The second-order valence-electron chi connectivity index (χ2n) is 4.46. The Hall–Kier alpha value is -1.17. The zero-order valence-corrected chi connectivity index (χ0v) is 10.6. The number of rotatable bonds is 6. The van der Waals surface area contributed by atoms with Gasteiger partial charge in [0.05, 0.1) is 13.2 Å². The van der Waals surface area contributed by atoms with Crippen molar-refractivity contribution in [1.82, 2.24) is 15.2 Å². The maximum atomic E-state index is 8.90. The van der Waals surface area contributed by atoms with Crippen LogP contribution in [0.15, 0.2) is 18.3 Å². The first kappa shape index (κ1) is 13.3. The van der Waals surface area contributed by atoms with Crippen molar-refractivity contribution in [2.24, 2.45) is 0 Å². The van der Waals surface area contributed by atoms with Crippen LogP contribution >= 0.6 is 0 Å². The summed E-state index contributed by atoms with van der Waals surface area (Å²) < 4.78 is 5.56. The van der Waals surface area contributed by atoms with E-state index in [0.717, 1.165) is 44.7 Å². The van der Waals surface area contributed by atoms with Crippen LogP contribution in [0.25, 0.3) is 0 Å². The molecule has 5 heteroatoms. The number of hydrogen-bond acceptors (Lipinski definition) is 5. The second kappa shape index (κ2) is 7.31. The molecule has 2 heterocycles. The van der Waals surface area contributed by atoms with E-state index in [1.54, 1.807) is 12.3 Å². The molecular weight excluding hydrogens is 230 g/mol. The second-order valence-corrected chi connectivity index (χ2v) is 4.46. The van der Waals surface area contributed by atoms with E-state index in [9.17, 15) is 0 Å². The number of pyridine rings is 1. The third kappa shape index (κ3) is 4.25. The average molecular weight is 251 g/mol. The molecule has 0 bridgehead atoms. The lowest BCUT2D eigenvalue weighted by Gasteiger charge is -2.26. The molecule has 0 aliphatic carbocycles. The van der Waals surface area contributed by atoms with E-state index in [1.807, 2.05) is 6.07 Å². The molecule has 1 aromatic rings. The molecule has 1 fully saturated rings. The molecule has 0 amide bonds. The maximum absolute atomic E-state index is 8.90. The topological polar surface area (TPSA) is 57.6 Å². The highest BCUT2D eigenvalue weighted by Gasteiger charge is 2.08. The Morgan fingerprint density at radius 2 is 2.17 bits per heavy atom. The molecule has 0 spiro atoms. The van der Waals surface area contributed by atoms with Crippen LogP contribution in [0.1, 0.15) is 12.0 Å². The van der Waals surface area contributed by atoms with Gasteiger partial charge in [-0.15, -0.1) is 0 Å². The summed E-state index contributed by atoms with van der Waals surface area (Å²) in [6.45, 7) is 6.23. The average Bonchev–Trinajstić information content (AvgIpc) is 2.45. The molecule has 0 unspecified atom stereocenters. The minimum atomic E-state index is 0.0241. The summed E-state index contributed by atoms with van der Waals surface area (Å²) in [6, 6.07) is 3.63. The molecule has 5 nitrogen and oxygen atoms in total. The Balaban J connectivity index is 1.62. The van der Waals surface area contributed by atoms with Crippen molar-refractivity contribution >= 4 is 0 Å². The number of piperazine rings is 1. The number of ether oxygens (including phenoxy) is 1. The fourth-order valence-corrected chi connectivity index (χ4v) is 1.99. The van der Waals surface area contributed by atoms with Gasteiger partial charge in [-0.25, -0.2) is 4.98 Å². The summed E-state index contributed by atoms with van der Waals surface area (Å²) in [5.74, 6) is 0.632. The third-order valence-corrected chi connectivity index (χ3v) is 3.06. The largest absolute Gasteiger partial charge is 0.478 e. The maximum Gasteiger partial charge on any atom is 0.213 e. The highest BCUT2D eigenvalue weighted by molar-refractivity contribution is 5.16. The van der Waals surface area contributed by atoms with E-state index in [1.165, 1.54) is 0 Å². The summed E-state index contributed by atoms with van der Waals surface area (Å²) in [7, 11) is 0. The van der Waals surface area contributed by atoms with Crippen LogP contribution < -0.4 is 10.1 Å². The standard InChI is InChI=1S/C13H21N3O2/c17-11-12-2-3-13(15-10-12)18-9-1-6-16-7-4-14-5-8-16/h2-3,10,14,17H,1,4-9,11H2. The first-order chi connectivity index (χ1) is 8.88. The van der Waals surface area contributed by atoms with E-state index < -0.39 is 0 Å². The summed E-state index contributed by atoms with van der Waals surface area (Å²) >= 11 is 0. The molecular formula is C13H21N3O2. The van der Waals surface area contributed by atoms with Crippen LogP contribution in [0.4, 0.5) is 0 Å². The van der Waals surface area contributed by atoms with E-state index in [2.05, 4.69) is 15.2 Å². The van der Waals surface area contributed by atoms with Gasteiger partial charge >= 0.3 is 0 Å². The third-order valence-electron chi connectivity index (χ3n) is 3.06. The highest BCUT2D eigenvalue weighted by atomic mass is 16.5. The molecule has 2 rings (SSSR count). The Morgan fingerprint density at radius 1 is 1.33 bits per heavy atom.